The van der Waals surface area contributed by atoms with Gasteiger partial charge in [-0.05, 0) is 215 Å². The Hall–Kier alpha value is -14.2. The second kappa shape index (κ2) is 24.7. The Labute approximate surface area is 672 Å². The fourth-order valence-corrected chi connectivity index (χ4v) is 17.8. The number of hydrogen-bond acceptors (Lipinski definition) is 3. The number of nitrogens with zero attached hydrogens (tertiary/aromatic N) is 4. The highest BCUT2D eigenvalue weighted by Gasteiger charge is 2.47. The van der Waals surface area contributed by atoms with Crippen LogP contribution in [0.5, 0.6) is 0 Å². The molecule has 0 spiro atoms. The van der Waals surface area contributed by atoms with Crippen LogP contribution in [0.15, 0.2) is 380 Å². The van der Waals surface area contributed by atoms with E-state index in [2.05, 4.69) is 188 Å². The molecule has 112 heavy (non-hydrogen) atoms. The summed E-state index contributed by atoms with van der Waals surface area (Å²) in [5.41, 5.74) is 22.2. The van der Waals surface area contributed by atoms with E-state index >= 15 is 0 Å². The van der Waals surface area contributed by atoms with E-state index in [9.17, 15) is 21.9 Å². The van der Waals surface area contributed by atoms with Gasteiger partial charge in [0.05, 0.1) is 55.4 Å². The van der Waals surface area contributed by atoms with Crippen LogP contribution < -0.4 is 26.2 Å². The lowest BCUT2D eigenvalue weighted by molar-refractivity contribution is 0.590. The zero-order valence-corrected chi connectivity index (χ0v) is 60.8. The number of para-hydroxylation sites is 4. The molecular weight excluding hydrogens is 1360 g/mol. The van der Waals surface area contributed by atoms with E-state index in [1.54, 1.807) is 9.13 Å². The van der Waals surface area contributed by atoms with Crippen LogP contribution in [0.2, 0.25) is 0 Å². The third kappa shape index (κ3) is 9.84. The third-order valence-corrected chi connectivity index (χ3v) is 23.0. The van der Waals surface area contributed by atoms with Crippen molar-refractivity contribution in [3.05, 3.63) is 381 Å². The van der Waals surface area contributed by atoms with Gasteiger partial charge >= 0.3 is 0 Å². The van der Waals surface area contributed by atoms with Gasteiger partial charge in [0.25, 0.3) is 6.71 Å². The van der Waals surface area contributed by atoms with Gasteiger partial charge in [-0.3, -0.25) is 0 Å². The number of aromatic nitrogens is 2. The summed E-state index contributed by atoms with van der Waals surface area (Å²) in [5, 5.41) is 1.48. The molecule has 5 nitrogen and oxygen atoms in total. The van der Waals surface area contributed by atoms with Gasteiger partial charge in [-0.2, -0.15) is 0 Å². The first-order valence-corrected chi connectivity index (χ1v) is 37.7. The van der Waals surface area contributed by atoms with Crippen LogP contribution in [-0.4, -0.2) is 15.8 Å². The molecule has 524 valence electrons. The molecule has 17 aromatic carbocycles. The fraction of sp³-hybridized carbons (Fsp3) is 0.0377. The Morgan fingerprint density at radius 2 is 0.616 bits per heavy atom. The Kier molecular flexibility index (Phi) is 10.9. The van der Waals surface area contributed by atoms with Crippen molar-refractivity contribution in [3.8, 4) is 100 Å². The molecule has 20 aromatic rings. The lowest BCUT2D eigenvalue weighted by atomic mass is 9.33. The Morgan fingerprint density at radius 3 is 1.00 bits per heavy atom. The zero-order valence-electron chi connectivity index (χ0n) is 76.8. The van der Waals surface area contributed by atoms with E-state index in [1.807, 2.05) is 121 Å². The van der Waals surface area contributed by atoms with Crippen LogP contribution in [0.3, 0.4) is 0 Å². The van der Waals surface area contributed by atoms with Crippen molar-refractivity contribution < 1.29 is 26.3 Å². The number of rotatable bonds is 6. The molecule has 0 saturated heterocycles. The second-order valence-electron chi connectivity index (χ2n) is 30.3. The molecule has 23 rings (SSSR count). The minimum Gasteiger partial charge on any atom is -0.456 e. The van der Waals surface area contributed by atoms with E-state index in [0.717, 1.165) is 134 Å². The Balaban J connectivity index is 0.956. The third-order valence-electron chi connectivity index (χ3n) is 23.0. The predicted octanol–water partition coefficient (Wildman–Crippen LogP) is 26.8. The SMILES string of the molecule is [2H]c1c([2H])c([2H])c2c(c1[2H])c1c([2H])c([2H])c([2H])c([2H])c1n2-c1ccc2c(c1)N1c3cc(C(C)(C)C)cc4c3B2c2ccc(-n3c5c([2H])c([2H])c([2H])c([2H])c5c5c([2H])c([2H])c([2H])c([2H])c53)cc2N4c2c(-c3ccccc3)cc(-c3ccccc3)cc2-c2cccc(c2)-c2ccc3oc4ccc(cc4c3c2)-c2cccc(c2)-c2cc(-c3ccccc3)cc(-c3ccccc3)c21. The molecule has 3 aromatic heterocycles. The summed E-state index contributed by atoms with van der Waals surface area (Å²) in [5.74, 6) is 0. The molecule has 6 heteroatoms. The van der Waals surface area contributed by atoms with Crippen molar-refractivity contribution in [2.75, 3.05) is 9.80 Å². The lowest BCUT2D eigenvalue weighted by Crippen LogP contribution is -2.61. The normalized spacial score (nSPS) is 14.7. The van der Waals surface area contributed by atoms with E-state index in [0.29, 0.717) is 44.8 Å². The molecule has 3 aliphatic heterocycles. The Bertz CT molecular complexity index is 7710. The van der Waals surface area contributed by atoms with Gasteiger partial charge in [-0.1, -0.05) is 275 Å². The monoisotopic (exact) mass is 1440 g/mol. The van der Waals surface area contributed by atoms with Crippen LogP contribution in [0, 0.1) is 0 Å². The van der Waals surface area contributed by atoms with Crippen molar-refractivity contribution in [2.45, 2.75) is 26.2 Å². The molecule has 0 N–H and O–H groups in total. The molecule has 3 aliphatic rings. The quantitative estimate of drug-likeness (QED) is 0.155. The highest BCUT2D eigenvalue weighted by atomic mass is 16.3. The van der Waals surface area contributed by atoms with Crippen LogP contribution in [0.25, 0.3) is 166 Å². The van der Waals surface area contributed by atoms with Crippen molar-refractivity contribution in [1.29, 1.82) is 0 Å². The van der Waals surface area contributed by atoms with Crippen molar-refractivity contribution in [1.82, 2.24) is 9.13 Å². The topological polar surface area (TPSA) is 29.5 Å². The maximum absolute atomic E-state index is 10.0. The molecule has 0 unspecified atom stereocenters. The van der Waals surface area contributed by atoms with Crippen molar-refractivity contribution in [2.24, 2.45) is 0 Å². The summed E-state index contributed by atoms with van der Waals surface area (Å²) in [7, 11) is 0. The highest BCUT2D eigenvalue weighted by molar-refractivity contribution is 7.00. The van der Waals surface area contributed by atoms with Crippen molar-refractivity contribution >= 4 is 123 Å². The summed E-state index contributed by atoms with van der Waals surface area (Å²) in [6.45, 7) is 5.74. The molecule has 13 bridgehead atoms. The maximum atomic E-state index is 10.0. The maximum Gasteiger partial charge on any atom is 0.252 e. The standard InChI is InChI=1S/C106H71BN4O/c1-106(2,3)78-62-99-103-100(63-78)111-98-65-80(109-95-44-22-18-40-83(95)84-41-19-23-45-96(84)109)49-51-92(98)107(103)91-50-48-79(108-93-42-20-16-38-81(93)82-39-17-21-43-94(82)108)64-97(91)110(99)104-85(68-30-12-6-13-31-68)58-76(66-26-8-4-9-27-66)60-87(104)74-36-24-34-70(54-74)72-46-52-101-89(56-72)90-57-73(47-53-102(90)112-101)71-35-25-37-75(55-71)88-61-77(67-28-10-5-11-29-67)59-86(105(88)111)69-32-14-7-15-33-69/h4-65H,1-3H3/i16D,17D,18D,19D,20D,21D,22D,23D,38D,39D,40D,41D,42D,43D,44D,45D. The van der Waals surface area contributed by atoms with Gasteiger partial charge in [0.15, 0.2) is 0 Å². The molecule has 0 saturated carbocycles. The van der Waals surface area contributed by atoms with Crippen molar-refractivity contribution in [3.63, 3.8) is 0 Å². The molecule has 0 amide bonds. The van der Waals surface area contributed by atoms with Gasteiger partial charge in [0.2, 0.25) is 0 Å². The number of hydrogen-bond donors (Lipinski definition) is 0. The zero-order chi connectivity index (χ0) is 88.0. The summed E-state index contributed by atoms with van der Waals surface area (Å²) in [4.78, 5) is 4.70. The van der Waals surface area contributed by atoms with E-state index < -0.39 is 109 Å². The second-order valence-corrected chi connectivity index (χ2v) is 30.3. The minimum atomic E-state index is -0.820. The molecule has 0 fully saturated rings. The van der Waals surface area contributed by atoms with Crippen LogP contribution in [0.4, 0.5) is 34.1 Å². The summed E-state index contributed by atoms with van der Waals surface area (Å²) >= 11 is 0. The first-order valence-electron chi connectivity index (χ1n) is 45.7. The minimum absolute atomic E-state index is 0.0651. The van der Waals surface area contributed by atoms with Gasteiger partial charge in [0.1, 0.15) is 11.2 Å². The predicted molar refractivity (Wildman–Crippen MR) is 472 cm³/mol. The van der Waals surface area contributed by atoms with E-state index in [-0.39, 0.29) is 43.6 Å². The molecule has 6 heterocycles. The Morgan fingerprint density at radius 1 is 0.277 bits per heavy atom. The smallest absolute Gasteiger partial charge is 0.252 e. The average Bonchev–Trinajstić information content (AvgIpc) is 1.42. The largest absolute Gasteiger partial charge is 0.456 e. The van der Waals surface area contributed by atoms with Gasteiger partial charge in [-0.25, -0.2) is 0 Å². The summed E-state index contributed by atoms with van der Waals surface area (Å²) in [6, 6.07) is 88.1. The van der Waals surface area contributed by atoms with Crippen LogP contribution in [0.1, 0.15) is 48.3 Å². The highest BCUT2D eigenvalue weighted by Crippen LogP contribution is 2.57. The number of benzene rings is 17. The first kappa shape index (κ1) is 49.7. The number of anilines is 6. The molecule has 0 aliphatic carbocycles. The average molecular weight is 1440 g/mol. The molecular formula is C106H71BN4O. The summed E-state index contributed by atoms with van der Waals surface area (Å²) < 4.78 is 163. The van der Waals surface area contributed by atoms with Gasteiger partial charge in [-0.15, -0.1) is 0 Å². The molecule has 0 atom stereocenters. The fourth-order valence-electron chi connectivity index (χ4n) is 17.8. The summed E-state index contributed by atoms with van der Waals surface area (Å²) in [6.07, 6.45) is 0. The van der Waals surface area contributed by atoms with Gasteiger partial charge < -0.3 is 23.4 Å². The molecule has 0 radical (unpaired) electrons. The van der Waals surface area contributed by atoms with E-state index in [1.165, 1.54) is 0 Å². The first-order chi connectivity index (χ1) is 61.8. The number of fused-ring (bicyclic) bond motifs is 26. The van der Waals surface area contributed by atoms with E-state index in [4.69, 9.17) is 4.42 Å². The van der Waals surface area contributed by atoms with Crippen LogP contribution >= 0.6 is 0 Å². The van der Waals surface area contributed by atoms with Gasteiger partial charge in [0, 0.05) is 88.7 Å². The number of furan rings is 1. The van der Waals surface area contributed by atoms with Crippen LogP contribution in [-0.2, 0) is 5.41 Å². The lowest BCUT2D eigenvalue weighted by Gasteiger charge is -2.46.